The van der Waals surface area contributed by atoms with Gasteiger partial charge < -0.3 is 16.3 Å². The highest BCUT2D eigenvalue weighted by Crippen LogP contribution is 1.98. The largest absolute Gasteiger partial charge is 0.409 e. The Hall–Kier alpha value is -1.56. The van der Waals surface area contributed by atoms with Gasteiger partial charge in [-0.05, 0) is 6.92 Å². The molecule has 1 unspecified atom stereocenters. The van der Waals surface area contributed by atoms with Crippen molar-refractivity contribution in [1.29, 1.82) is 0 Å². The molecule has 1 rings (SSSR count). The van der Waals surface area contributed by atoms with Crippen molar-refractivity contribution in [1.82, 2.24) is 15.1 Å². The average Bonchev–Trinajstić information content (AvgIpc) is 2.61. The van der Waals surface area contributed by atoms with Crippen LogP contribution in [0.1, 0.15) is 18.9 Å². The van der Waals surface area contributed by atoms with Gasteiger partial charge in [0.05, 0.1) is 6.20 Å². The van der Waals surface area contributed by atoms with E-state index in [4.69, 9.17) is 10.9 Å². The monoisotopic (exact) mass is 211 g/mol. The summed E-state index contributed by atoms with van der Waals surface area (Å²) < 4.78 is 1.76. The van der Waals surface area contributed by atoms with Crippen LogP contribution in [-0.4, -0.2) is 26.9 Å². The lowest BCUT2D eigenvalue weighted by molar-refractivity contribution is 0.316. The van der Waals surface area contributed by atoms with Gasteiger partial charge in [-0.25, -0.2) is 0 Å². The standard InChI is InChI=1S/C9H17N5O/c1-7(3-9(10)13-15)11-4-8-5-12-14(2)6-8/h5-7,11,15H,3-4H2,1-2H3,(H2,10,13). The molecule has 0 saturated heterocycles. The molecule has 0 bridgehead atoms. The molecule has 0 aliphatic heterocycles. The average molecular weight is 211 g/mol. The summed E-state index contributed by atoms with van der Waals surface area (Å²) in [4.78, 5) is 0. The minimum absolute atomic E-state index is 0.168. The van der Waals surface area contributed by atoms with E-state index in [1.165, 1.54) is 0 Å². The Morgan fingerprint density at radius 2 is 2.53 bits per heavy atom. The molecule has 15 heavy (non-hydrogen) atoms. The Kier molecular flexibility index (Phi) is 4.11. The van der Waals surface area contributed by atoms with E-state index in [-0.39, 0.29) is 11.9 Å². The maximum atomic E-state index is 8.39. The number of nitrogens with zero attached hydrogens (tertiary/aromatic N) is 3. The fourth-order valence-electron chi connectivity index (χ4n) is 1.28. The van der Waals surface area contributed by atoms with Crippen LogP contribution in [0.25, 0.3) is 0 Å². The minimum atomic E-state index is 0.168. The summed E-state index contributed by atoms with van der Waals surface area (Å²) in [6.45, 7) is 2.71. The lowest BCUT2D eigenvalue weighted by Gasteiger charge is -2.11. The molecule has 0 saturated carbocycles. The van der Waals surface area contributed by atoms with Crippen LogP contribution < -0.4 is 11.1 Å². The number of amidine groups is 1. The number of aromatic nitrogens is 2. The van der Waals surface area contributed by atoms with Gasteiger partial charge in [0, 0.05) is 37.8 Å². The zero-order chi connectivity index (χ0) is 11.3. The van der Waals surface area contributed by atoms with Crippen LogP contribution in [0.4, 0.5) is 0 Å². The van der Waals surface area contributed by atoms with Gasteiger partial charge in [-0.1, -0.05) is 5.16 Å². The molecule has 1 heterocycles. The first-order chi connectivity index (χ1) is 7.11. The zero-order valence-corrected chi connectivity index (χ0v) is 9.01. The fourth-order valence-corrected chi connectivity index (χ4v) is 1.28. The second-order valence-corrected chi connectivity index (χ2v) is 3.60. The molecular weight excluding hydrogens is 194 g/mol. The fraction of sp³-hybridized carbons (Fsp3) is 0.556. The third-order valence-electron chi connectivity index (χ3n) is 2.06. The van der Waals surface area contributed by atoms with E-state index in [9.17, 15) is 0 Å². The number of aryl methyl sites for hydroxylation is 1. The molecule has 0 fully saturated rings. The van der Waals surface area contributed by atoms with E-state index >= 15 is 0 Å². The van der Waals surface area contributed by atoms with Gasteiger partial charge in [0.2, 0.25) is 0 Å². The third kappa shape index (κ3) is 3.99. The van der Waals surface area contributed by atoms with Crippen LogP contribution >= 0.6 is 0 Å². The molecule has 0 aromatic carbocycles. The Morgan fingerprint density at radius 1 is 1.80 bits per heavy atom. The van der Waals surface area contributed by atoms with Gasteiger partial charge in [0.15, 0.2) is 0 Å². The van der Waals surface area contributed by atoms with Crippen molar-refractivity contribution in [3.63, 3.8) is 0 Å². The first-order valence-electron chi connectivity index (χ1n) is 4.79. The topological polar surface area (TPSA) is 88.5 Å². The smallest absolute Gasteiger partial charge is 0.140 e. The molecule has 0 radical (unpaired) electrons. The van der Waals surface area contributed by atoms with Crippen LogP contribution in [0.5, 0.6) is 0 Å². The number of rotatable bonds is 5. The molecule has 6 heteroatoms. The summed E-state index contributed by atoms with van der Waals surface area (Å²) in [5.41, 5.74) is 6.51. The van der Waals surface area contributed by atoms with Crippen molar-refractivity contribution in [3.8, 4) is 0 Å². The van der Waals surface area contributed by atoms with Gasteiger partial charge in [-0.2, -0.15) is 5.10 Å². The molecule has 0 amide bonds. The maximum Gasteiger partial charge on any atom is 0.140 e. The molecule has 1 aromatic rings. The molecule has 1 atom stereocenters. The summed E-state index contributed by atoms with van der Waals surface area (Å²) in [7, 11) is 1.88. The molecule has 0 aliphatic carbocycles. The number of hydrogen-bond donors (Lipinski definition) is 3. The summed E-state index contributed by atoms with van der Waals surface area (Å²) in [5.74, 6) is 0.237. The molecule has 0 aliphatic rings. The van der Waals surface area contributed by atoms with E-state index in [1.807, 2.05) is 26.4 Å². The lowest BCUT2D eigenvalue weighted by atomic mass is 10.2. The molecule has 6 nitrogen and oxygen atoms in total. The number of hydrogen-bond acceptors (Lipinski definition) is 4. The molecule has 1 aromatic heterocycles. The van der Waals surface area contributed by atoms with Crippen LogP contribution in [0.2, 0.25) is 0 Å². The van der Waals surface area contributed by atoms with E-state index in [0.717, 1.165) is 12.1 Å². The zero-order valence-electron chi connectivity index (χ0n) is 9.01. The van der Waals surface area contributed by atoms with Crippen LogP contribution in [0.15, 0.2) is 17.5 Å². The highest BCUT2D eigenvalue weighted by Gasteiger charge is 2.04. The van der Waals surface area contributed by atoms with Crippen molar-refractivity contribution in [2.75, 3.05) is 0 Å². The van der Waals surface area contributed by atoms with Gasteiger partial charge >= 0.3 is 0 Å². The first-order valence-corrected chi connectivity index (χ1v) is 4.79. The van der Waals surface area contributed by atoms with Gasteiger partial charge in [-0.15, -0.1) is 0 Å². The predicted molar refractivity (Wildman–Crippen MR) is 57.5 cm³/mol. The Balaban J connectivity index is 2.31. The highest BCUT2D eigenvalue weighted by atomic mass is 16.4. The van der Waals surface area contributed by atoms with E-state index in [2.05, 4.69) is 15.6 Å². The normalized spacial score (nSPS) is 14.1. The van der Waals surface area contributed by atoms with Crippen molar-refractivity contribution >= 4 is 5.84 Å². The Labute approximate surface area is 88.8 Å². The van der Waals surface area contributed by atoms with Gasteiger partial charge in [0.25, 0.3) is 0 Å². The maximum absolute atomic E-state index is 8.39. The van der Waals surface area contributed by atoms with E-state index < -0.39 is 0 Å². The van der Waals surface area contributed by atoms with Crippen molar-refractivity contribution in [2.24, 2.45) is 17.9 Å². The first kappa shape index (κ1) is 11.5. The summed E-state index contributed by atoms with van der Waals surface area (Å²) in [6.07, 6.45) is 4.28. The summed E-state index contributed by atoms with van der Waals surface area (Å²) >= 11 is 0. The molecular formula is C9H17N5O. The van der Waals surface area contributed by atoms with Crippen molar-refractivity contribution in [2.45, 2.75) is 25.9 Å². The van der Waals surface area contributed by atoms with Crippen LogP contribution in [0.3, 0.4) is 0 Å². The Bertz CT molecular complexity index is 333. The highest BCUT2D eigenvalue weighted by molar-refractivity contribution is 5.80. The van der Waals surface area contributed by atoms with E-state index in [0.29, 0.717) is 6.42 Å². The Morgan fingerprint density at radius 3 is 3.07 bits per heavy atom. The quantitative estimate of drug-likeness (QED) is 0.277. The van der Waals surface area contributed by atoms with Gasteiger partial charge in [0.1, 0.15) is 5.84 Å². The van der Waals surface area contributed by atoms with Gasteiger partial charge in [-0.3, -0.25) is 4.68 Å². The van der Waals surface area contributed by atoms with Crippen molar-refractivity contribution < 1.29 is 5.21 Å². The number of nitrogens with two attached hydrogens (primary N) is 1. The number of oxime groups is 1. The lowest BCUT2D eigenvalue weighted by Crippen LogP contribution is -2.30. The third-order valence-corrected chi connectivity index (χ3v) is 2.06. The van der Waals surface area contributed by atoms with E-state index in [1.54, 1.807) is 4.68 Å². The van der Waals surface area contributed by atoms with Crippen LogP contribution in [0, 0.1) is 0 Å². The summed E-state index contributed by atoms with van der Waals surface area (Å²) in [5, 5.41) is 18.6. The molecule has 84 valence electrons. The number of nitrogens with one attached hydrogen (secondary N) is 1. The second-order valence-electron chi connectivity index (χ2n) is 3.60. The molecule has 4 N–H and O–H groups in total. The van der Waals surface area contributed by atoms with Crippen LogP contribution in [-0.2, 0) is 13.6 Å². The molecule has 0 spiro atoms. The SMILES string of the molecule is CC(CC(N)=NO)NCc1cnn(C)c1. The second kappa shape index (κ2) is 5.35. The predicted octanol–water partition coefficient (Wildman–Crippen LogP) is 0.0347. The summed E-state index contributed by atoms with van der Waals surface area (Å²) in [6, 6.07) is 0.168. The van der Waals surface area contributed by atoms with Crippen molar-refractivity contribution in [3.05, 3.63) is 18.0 Å². The minimum Gasteiger partial charge on any atom is -0.409 e.